The third-order valence-corrected chi connectivity index (χ3v) is 5.93. The predicted octanol–water partition coefficient (Wildman–Crippen LogP) is 2.80. The smallest absolute Gasteiger partial charge is 0.269 e. The number of unbranched alkanes of at least 4 members (excludes halogenated alkanes) is 1. The molecule has 136 valence electrons. The summed E-state index contributed by atoms with van der Waals surface area (Å²) in [6.07, 6.45) is 6.53. The van der Waals surface area contributed by atoms with E-state index in [2.05, 4.69) is 24.1 Å². The van der Waals surface area contributed by atoms with Gasteiger partial charge in [-0.25, -0.2) is 4.98 Å². The summed E-state index contributed by atoms with van der Waals surface area (Å²) in [4.78, 5) is 32.1. The van der Waals surface area contributed by atoms with Crippen LogP contribution in [0.5, 0.6) is 0 Å². The van der Waals surface area contributed by atoms with Crippen molar-refractivity contribution in [3.05, 3.63) is 23.6 Å². The Morgan fingerprint density at radius 2 is 2.24 bits per heavy atom. The molecule has 1 aliphatic rings. The van der Waals surface area contributed by atoms with E-state index in [1.165, 1.54) is 11.3 Å². The summed E-state index contributed by atoms with van der Waals surface area (Å²) < 4.78 is 1.80. The van der Waals surface area contributed by atoms with E-state index in [9.17, 15) is 9.59 Å². The highest BCUT2D eigenvalue weighted by Gasteiger charge is 2.35. The molecule has 0 aliphatic carbocycles. The van der Waals surface area contributed by atoms with Crippen LogP contribution in [0.15, 0.2) is 17.9 Å². The fraction of sp³-hybridized carbons (Fsp3) is 0.611. The average Bonchev–Trinajstić information content (AvgIpc) is 3.28. The molecule has 3 rings (SSSR count). The number of fused-ring (bicyclic) bond motifs is 1. The molecule has 2 aromatic heterocycles. The molecule has 3 atom stereocenters. The fourth-order valence-electron chi connectivity index (χ4n) is 3.41. The summed E-state index contributed by atoms with van der Waals surface area (Å²) in [6, 6.07) is -0.00621. The van der Waals surface area contributed by atoms with Crippen molar-refractivity contribution in [3.8, 4) is 0 Å². The molecular formula is C18H26N4O2S. The summed E-state index contributed by atoms with van der Waals surface area (Å²) in [5.74, 6) is 0.422. The first-order valence-corrected chi connectivity index (χ1v) is 9.88. The molecule has 0 spiro atoms. The maximum absolute atomic E-state index is 12.6. The monoisotopic (exact) mass is 362 g/mol. The summed E-state index contributed by atoms with van der Waals surface area (Å²) >= 11 is 1.50. The van der Waals surface area contributed by atoms with Crippen molar-refractivity contribution in [2.75, 3.05) is 13.1 Å². The minimum Gasteiger partial charge on any atom is -0.346 e. The maximum Gasteiger partial charge on any atom is 0.269 e. The molecule has 0 saturated carbocycles. The van der Waals surface area contributed by atoms with Gasteiger partial charge in [-0.3, -0.25) is 14.0 Å². The largest absolute Gasteiger partial charge is 0.346 e. The zero-order chi connectivity index (χ0) is 18.0. The van der Waals surface area contributed by atoms with E-state index < -0.39 is 0 Å². The maximum atomic E-state index is 12.6. The zero-order valence-corrected chi connectivity index (χ0v) is 15.9. The first-order chi connectivity index (χ1) is 12.0. The van der Waals surface area contributed by atoms with Gasteiger partial charge in [0.2, 0.25) is 5.91 Å². The quantitative estimate of drug-likeness (QED) is 0.859. The van der Waals surface area contributed by atoms with Gasteiger partial charge < -0.3 is 10.2 Å². The lowest BCUT2D eigenvalue weighted by atomic mass is 10.0. The van der Waals surface area contributed by atoms with Crippen molar-refractivity contribution in [3.63, 3.8) is 0 Å². The van der Waals surface area contributed by atoms with Crippen molar-refractivity contribution >= 4 is 28.0 Å². The molecule has 2 amide bonds. The number of amides is 2. The van der Waals surface area contributed by atoms with E-state index >= 15 is 0 Å². The summed E-state index contributed by atoms with van der Waals surface area (Å²) in [5, 5.41) is 4.95. The van der Waals surface area contributed by atoms with Crippen LogP contribution in [-0.4, -0.2) is 45.2 Å². The molecule has 2 aromatic rings. The molecule has 6 nitrogen and oxygen atoms in total. The number of hydrogen-bond donors (Lipinski definition) is 1. The molecule has 3 heterocycles. The van der Waals surface area contributed by atoms with Crippen LogP contribution in [0.3, 0.4) is 0 Å². The van der Waals surface area contributed by atoms with Gasteiger partial charge in [0, 0.05) is 24.4 Å². The van der Waals surface area contributed by atoms with Crippen LogP contribution in [0.1, 0.15) is 50.5 Å². The van der Waals surface area contributed by atoms with E-state index in [1.54, 1.807) is 16.9 Å². The van der Waals surface area contributed by atoms with Crippen molar-refractivity contribution in [1.82, 2.24) is 19.6 Å². The molecule has 7 heteroatoms. The standard InChI is InChI=1S/C18H26N4O2S/c1-4-5-6-12(2)18(24)21-8-13(3)14(9-21)20-17(23)15-10-25-16-7-19-11-22(15)16/h7,10-14H,4-6,8-9H2,1-3H3,(H,20,23)/t12-,13-,14+/m1/s1. The van der Waals surface area contributed by atoms with Crippen LogP contribution in [-0.2, 0) is 4.79 Å². The Hall–Kier alpha value is -1.89. The predicted molar refractivity (Wildman–Crippen MR) is 98.8 cm³/mol. The van der Waals surface area contributed by atoms with E-state index in [-0.39, 0.29) is 29.7 Å². The van der Waals surface area contributed by atoms with Crippen LogP contribution in [0.2, 0.25) is 0 Å². The Bertz CT molecular complexity index is 753. The Morgan fingerprint density at radius 1 is 1.44 bits per heavy atom. The first-order valence-electron chi connectivity index (χ1n) is 9.00. The summed E-state index contributed by atoms with van der Waals surface area (Å²) in [5.41, 5.74) is 0.603. The third kappa shape index (κ3) is 3.71. The van der Waals surface area contributed by atoms with E-state index in [0.717, 1.165) is 24.1 Å². The van der Waals surface area contributed by atoms with E-state index in [0.29, 0.717) is 18.8 Å². The minimum atomic E-state index is -0.102. The van der Waals surface area contributed by atoms with Crippen LogP contribution in [0.4, 0.5) is 0 Å². The number of aromatic nitrogens is 2. The third-order valence-electron chi connectivity index (χ3n) is 5.04. The minimum absolute atomic E-state index is 0.00621. The highest BCUT2D eigenvalue weighted by Crippen LogP contribution is 2.22. The van der Waals surface area contributed by atoms with Gasteiger partial charge in [0.15, 0.2) is 0 Å². The molecule has 0 bridgehead atoms. The van der Waals surface area contributed by atoms with Gasteiger partial charge in [0.05, 0.1) is 12.2 Å². The topological polar surface area (TPSA) is 66.7 Å². The number of imidazole rings is 1. The summed E-state index contributed by atoms with van der Waals surface area (Å²) in [7, 11) is 0. The molecule has 1 saturated heterocycles. The number of carbonyl (C=O) groups excluding carboxylic acids is 2. The van der Waals surface area contributed by atoms with Crippen LogP contribution < -0.4 is 5.32 Å². The van der Waals surface area contributed by atoms with Crippen molar-refractivity contribution in [1.29, 1.82) is 0 Å². The van der Waals surface area contributed by atoms with Gasteiger partial charge in [0.1, 0.15) is 16.9 Å². The second-order valence-electron chi connectivity index (χ2n) is 7.07. The lowest BCUT2D eigenvalue weighted by Gasteiger charge is -2.21. The van der Waals surface area contributed by atoms with Gasteiger partial charge >= 0.3 is 0 Å². The average molecular weight is 362 g/mol. The Morgan fingerprint density at radius 3 is 3.00 bits per heavy atom. The van der Waals surface area contributed by atoms with Gasteiger partial charge in [-0.1, -0.05) is 33.6 Å². The molecule has 1 aliphatic heterocycles. The zero-order valence-electron chi connectivity index (χ0n) is 15.1. The molecular weight excluding hydrogens is 336 g/mol. The van der Waals surface area contributed by atoms with Gasteiger partial charge in [-0.05, 0) is 12.3 Å². The summed E-state index contributed by atoms with van der Waals surface area (Å²) in [6.45, 7) is 7.55. The molecule has 1 fully saturated rings. The van der Waals surface area contributed by atoms with Gasteiger partial charge in [0.25, 0.3) is 5.91 Å². The highest BCUT2D eigenvalue weighted by molar-refractivity contribution is 7.15. The fourth-order valence-corrected chi connectivity index (χ4v) is 4.24. The van der Waals surface area contributed by atoms with Gasteiger partial charge in [-0.2, -0.15) is 0 Å². The lowest BCUT2D eigenvalue weighted by molar-refractivity contribution is -0.134. The Kier molecular flexibility index (Phi) is 5.42. The number of hydrogen-bond acceptors (Lipinski definition) is 4. The lowest BCUT2D eigenvalue weighted by Crippen LogP contribution is -2.41. The van der Waals surface area contributed by atoms with Crippen LogP contribution in [0, 0.1) is 11.8 Å². The Labute approximate surface area is 152 Å². The van der Waals surface area contributed by atoms with E-state index in [1.807, 2.05) is 17.2 Å². The van der Waals surface area contributed by atoms with Crippen molar-refractivity contribution < 1.29 is 9.59 Å². The Balaban J connectivity index is 1.61. The van der Waals surface area contributed by atoms with Gasteiger partial charge in [-0.15, -0.1) is 11.3 Å². The number of nitrogens with one attached hydrogen (secondary N) is 1. The number of nitrogens with zero attached hydrogens (tertiary/aromatic N) is 3. The number of likely N-dealkylation sites (tertiary alicyclic amines) is 1. The molecule has 1 N–H and O–H groups in total. The molecule has 25 heavy (non-hydrogen) atoms. The van der Waals surface area contributed by atoms with Crippen molar-refractivity contribution in [2.45, 2.75) is 46.1 Å². The SMILES string of the molecule is CCCC[C@@H](C)C(=O)N1C[C@@H](C)[C@@H](NC(=O)c2csc3cncn23)C1. The number of rotatable bonds is 6. The second kappa shape index (κ2) is 7.56. The molecule has 0 aromatic carbocycles. The van der Waals surface area contributed by atoms with Crippen molar-refractivity contribution in [2.24, 2.45) is 11.8 Å². The van der Waals surface area contributed by atoms with E-state index in [4.69, 9.17) is 0 Å². The van der Waals surface area contributed by atoms with Crippen LogP contribution in [0.25, 0.3) is 4.83 Å². The first kappa shape index (κ1) is 17.9. The molecule has 0 unspecified atom stereocenters. The number of thiazole rings is 1. The number of carbonyl (C=O) groups is 2. The highest BCUT2D eigenvalue weighted by atomic mass is 32.1. The van der Waals surface area contributed by atoms with Crippen LogP contribution >= 0.6 is 11.3 Å². The second-order valence-corrected chi connectivity index (χ2v) is 7.96. The molecule has 0 radical (unpaired) electrons. The normalized spacial score (nSPS) is 21.6.